The summed E-state index contributed by atoms with van der Waals surface area (Å²) < 4.78 is 52.4. The molecule has 0 amide bonds. The lowest BCUT2D eigenvalue weighted by Gasteiger charge is -2.27. The van der Waals surface area contributed by atoms with Gasteiger partial charge in [0.1, 0.15) is 8.42 Å². The monoisotopic (exact) mass is 350 g/mol. The first-order valence-corrected chi connectivity index (χ1v) is 10.4. The second-order valence-corrected chi connectivity index (χ2v) is 10.3. The minimum atomic E-state index is -3.81. The summed E-state index contributed by atoms with van der Waals surface area (Å²) in [6, 6.07) is 1.30. The quantitative estimate of drug-likeness (QED) is 0.835. The number of nitrogens with zero attached hydrogens (tertiary/aromatic N) is 1. The highest BCUT2D eigenvalue weighted by Gasteiger charge is 2.39. The third-order valence-corrected chi connectivity index (χ3v) is 9.07. The maximum atomic E-state index is 12.4. The van der Waals surface area contributed by atoms with E-state index in [4.69, 9.17) is 0 Å². The molecule has 0 aromatic carbocycles. The summed E-state index contributed by atoms with van der Waals surface area (Å²) in [5.74, 6) is 0. The van der Waals surface area contributed by atoms with Crippen LogP contribution in [0, 0.1) is 0 Å². The Labute approximate surface area is 129 Å². The molecule has 2 heterocycles. The van der Waals surface area contributed by atoms with Gasteiger partial charge in [0.05, 0.1) is 5.25 Å². The second kappa shape index (κ2) is 5.79. The van der Waals surface area contributed by atoms with Crippen molar-refractivity contribution >= 4 is 37.4 Å². The van der Waals surface area contributed by atoms with Crippen molar-refractivity contribution in [3.63, 3.8) is 0 Å². The van der Waals surface area contributed by atoms with Gasteiger partial charge in [-0.25, -0.2) is 8.42 Å². The molecule has 2 atom stereocenters. The molecule has 1 aliphatic rings. The molecule has 0 bridgehead atoms. The molecule has 1 N–H and O–H groups in total. The Bertz CT molecular complexity index is 762. The van der Waals surface area contributed by atoms with E-state index in [1.165, 1.54) is 19.2 Å². The molecule has 9 heteroatoms. The van der Waals surface area contributed by atoms with Crippen molar-refractivity contribution in [3.05, 3.63) is 11.6 Å². The van der Waals surface area contributed by atoms with Crippen molar-refractivity contribution in [3.8, 4) is 0 Å². The van der Waals surface area contributed by atoms with E-state index in [-0.39, 0.29) is 14.5 Å². The Hall–Kier alpha value is -0.770. The van der Waals surface area contributed by atoms with Gasteiger partial charge in [0.25, 0.3) is 10.0 Å². The summed E-state index contributed by atoms with van der Waals surface area (Å²) in [5.41, 5.74) is 0.546. The van der Waals surface area contributed by atoms with Gasteiger partial charge in [-0.1, -0.05) is 6.92 Å². The largest absolute Gasteiger partial charge is 0.310 e. The van der Waals surface area contributed by atoms with Gasteiger partial charge in [-0.05, 0) is 32.9 Å². The SMILES string of the molecule is CC=NS(=O)(=O)c1cc2c(s1)S(=O)(=O)[C@@H](C)C[C@@H]2NCC. The first-order chi connectivity index (χ1) is 9.74. The number of fused-ring (bicyclic) bond motifs is 1. The molecule has 1 aromatic rings. The van der Waals surface area contributed by atoms with Crippen LogP contribution in [0.4, 0.5) is 0 Å². The fourth-order valence-corrected chi connectivity index (χ4v) is 7.23. The minimum Gasteiger partial charge on any atom is -0.310 e. The summed E-state index contributed by atoms with van der Waals surface area (Å²) in [6.45, 7) is 5.77. The van der Waals surface area contributed by atoms with Crippen molar-refractivity contribution in [2.45, 2.75) is 46.9 Å². The predicted octanol–water partition coefficient (Wildman–Crippen LogP) is 1.74. The van der Waals surface area contributed by atoms with Gasteiger partial charge < -0.3 is 5.32 Å². The van der Waals surface area contributed by atoms with Crippen molar-refractivity contribution < 1.29 is 16.8 Å². The van der Waals surface area contributed by atoms with Crippen LogP contribution in [-0.4, -0.2) is 34.8 Å². The number of sulfonamides is 1. The van der Waals surface area contributed by atoms with Crippen LogP contribution in [0.2, 0.25) is 0 Å². The lowest BCUT2D eigenvalue weighted by Crippen LogP contribution is -2.33. The van der Waals surface area contributed by atoms with E-state index in [1.807, 2.05) is 6.92 Å². The number of hydrogen-bond acceptors (Lipinski definition) is 6. The van der Waals surface area contributed by atoms with Crippen LogP contribution in [0.25, 0.3) is 0 Å². The molecular formula is C12H18N2O4S3. The molecule has 1 aromatic heterocycles. The van der Waals surface area contributed by atoms with Crippen molar-refractivity contribution in [2.75, 3.05) is 6.54 Å². The standard InChI is InChI=1S/C12H18N2O4S3/c1-4-13-10-6-8(3)20(15,16)12-9(10)7-11(19-12)21(17,18)14-5-2/h5,7-8,10,13H,4,6H2,1-3H3/t8-,10-/m0/s1. The van der Waals surface area contributed by atoms with Crippen LogP contribution >= 0.6 is 11.3 Å². The summed E-state index contributed by atoms with van der Waals surface area (Å²) in [6.07, 6.45) is 1.63. The Kier molecular flexibility index (Phi) is 4.57. The van der Waals surface area contributed by atoms with Gasteiger partial charge in [0, 0.05) is 17.8 Å². The average molecular weight is 350 g/mol. The molecule has 1 aliphatic heterocycles. The van der Waals surface area contributed by atoms with Crippen molar-refractivity contribution in [2.24, 2.45) is 4.40 Å². The zero-order valence-electron chi connectivity index (χ0n) is 12.0. The van der Waals surface area contributed by atoms with Gasteiger partial charge in [0.2, 0.25) is 0 Å². The van der Waals surface area contributed by atoms with Gasteiger partial charge in [-0.3, -0.25) is 0 Å². The van der Waals surface area contributed by atoms with Crippen LogP contribution < -0.4 is 5.32 Å². The molecule has 0 radical (unpaired) electrons. The number of sulfone groups is 1. The third kappa shape index (κ3) is 2.92. The second-order valence-electron chi connectivity index (χ2n) is 4.85. The molecular weight excluding hydrogens is 332 g/mol. The predicted molar refractivity (Wildman–Crippen MR) is 83.4 cm³/mol. The van der Waals surface area contributed by atoms with Crippen molar-refractivity contribution in [1.82, 2.24) is 5.32 Å². The minimum absolute atomic E-state index is 0.0221. The summed E-state index contributed by atoms with van der Waals surface area (Å²) in [4.78, 5) is 0. The Morgan fingerprint density at radius 3 is 2.76 bits per heavy atom. The van der Waals surface area contributed by atoms with E-state index in [9.17, 15) is 16.8 Å². The first kappa shape index (κ1) is 16.6. The highest BCUT2D eigenvalue weighted by Crippen LogP contribution is 2.43. The molecule has 0 saturated heterocycles. The molecule has 21 heavy (non-hydrogen) atoms. The van der Waals surface area contributed by atoms with Crippen LogP contribution in [0.15, 0.2) is 18.9 Å². The van der Waals surface area contributed by atoms with E-state index in [1.54, 1.807) is 6.92 Å². The lowest BCUT2D eigenvalue weighted by atomic mass is 10.1. The fraction of sp³-hybridized carbons (Fsp3) is 0.583. The van der Waals surface area contributed by atoms with Crippen LogP contribution in [-0.2, 0) is 19.9 Å². The molecule has 0 fully saturated rings. The Morgan fingerprint density at radius 1 is 1.52 bits per heavy atom. The van der Waals surface area contributed by atoms with E-state index in [0.29, 0.717) is 18.5 Å². The van der Waals surface area contributed by atoms with Crippen LogP contribution in [0.1, 0.15) is 38.8 Å². The number of nitrogens with one attached hydrogen (secondary N) is 1. The average Bonchev–Trinajstić information content (AvgIpc) is 2.83. The summed E-state index contributed by atoms with van der Waals surface area (Å²) in [7, 11) is -7.28. The van der Waals surface area contributed by atoms with Gasteiger partial charge in [-0.2, -0.15) is 12.8 Å². The molecule has 6 nitrogen and oxygen atoms in total. The number of rotatable bonds is 4. The maximum absolute atomic E-state index is 12.4. The topological polar surface area (TPSA) is 92.7 Å². The summed E-state index contributed by atoms with van der Waals surface area (Å²) in [5, 5.41) is 2.68. The van der Waals surface area contributed by atoms with Crippen LogP contribution in [0.3, 0.4) is 0 Å². The normalized spacial score (nSPS) is 25.1. The Balaban J connectivity index is 2.63. The third-order valence-electron chi connectivity index (χ3n) is 3.38. The van der Waals surface area contributed by atoms with E-state index < -0.39 is 25.1 Å². The Morgan fingerprint density at radius 2 is 2.19 bits per heavy atom. The zero-order valence-corrected chi connectivity index (χ0v) is 14.5. The van der Waals surface area contributed by atoms with Gasteiger partial charge >= 0.3 is 0 Å². The zero-order chi connectivity index (χ0) is 15.8. The molecule has 0 aliphatic carbocycles. The molecule has 2 rings (SSSR count). The summed E-state index contributed by atoms with van der Waals surface area (Å²) >= 11 is 0.793. The molecule has 0 saturated carbocycles. The van der Waals surface area contributed by atoms with E-state index >= 15 is 0 Å². The maximum Gasteiger partial charge on any atom is 0.291 e. The highest BCUT2D eigenvalue weighted by molar-refractivity contribution is 7.96. The van der Waals surface area contributed by atoms with Crippen molar-refractivity contribution in [1.29, 1.82) is 0 Å². The first-order valence-electron chi connectivity index (χ1n) is 6.60. The fourth-order valence-electron chi connectivity index (χ4n) is 2.36. The van der Waals surface area contributed by atoms with Gasteiger partial charge in [0.15, 0.2) is 9.84 Å². The lowest BCUT2D eigenvalue weighted by molar-refractivity contribution is 0.477. The molecule has 0 spiro atoms. The van der Waals surface area contributed by atoms with E-state index in [0.717, 1.165) is 11.3 Å². The number of hydrogen-bond donors (Lipinski definition) is 1. The smallest absolute Gasteiger partial charge is 0.291 e. The van der Waals surface area contributed by atoms with Crippen LogP contribution in [0.5, 0.6) is 0 Å². The highest BCUT2D eigenvalue weighted by atomic mass is 32.3. The number of thiophene rings is 1. The molecule has 0 unspecified atom stereocenters. The van der Waals surface area contributed by atoms with E-state index in [2.05, 4.69) is 9.71 Å². The van der Waals surface area contributed by atoms with Gasteiger partial charge in [-0.15, -0.1) is 11.3 Å². The molecule has 118 valence electrons.